The lowest BCUT2D eigenvalue weighted by atomic mass is 10.5. The Bertz CT molecular complexity index is 264. The van der Waals surface area contributed by atoms with Gasteiger partial charge in [0, 0.05) is 0 Å². The van der Waals surface area contributed by atoms with Crippen LogP contribution in [0.1, 0.15) is 17.4 Å². The Morgan fingerprint density at radius 3 is 3.00 bits per heavy atom. The normalized spacial score (nSPS) is 9.08. The molecule has 0 saturated carbocycles. The third-order valence-corrected chi connectivity index (χ3v) is 3.02. The topological polar surface area (TPSA) is 50.2 Å². The van der Waals surface area contributed by atoms with Crippen LogP contribution in [-0.2, 0) is 0 Å². The van der Waals surface area contributed by atoms with Crippen molar-refractivity contribution < 1.29 is 9.90 Å². The zero-order valence-corrected chi connectivity index (χ0v) is 8.76. The molecule has 0 amide bonds. The average Bonchev–Trinajstić information content (AvgIpc) is 2.36. The Kier molecular flexibility index (Phi) is 5.28. The molecule has 0 atom stereocenters. The summed E-state index contributed by atoms with van der Waals surface area (Å²) in [6, 6.07) is 0. The highest BCUT2D eigenvalue weighted by Gasteiger charge is 2.12. The number of thiazole rings is 1. The molecule has 1 N–H and O–H groups in total. The molecule has 1 aromatic heterocycles. The van der Waals surface area contributed by atoms with Crippen LogP contribution in [0.15, 0.2) is 9.72 Å². The molecule has 0 radical (unpaired) electrons. The van der Waals surface area contributed by atoms with Crippen LogP contribution in [0.5, 0.6) is 0 Å². The maximum atomic E-state index is 10.5. The number of aromatic nitrogens is 1. The number of hydrogen-bond donors (Lipinski definition) is 1. The smallest absolute Gasteiger partial charge is 0.356 e. The van der Waals surface area contributed by atoms with Gasteiger partial charge in [-0.3, -0.25) is 0 Å². The van der Waals surface area contributed by atoms with E-state index in [1.165, 1.54) is 23.1 Å². The Balaban J connectivity index is 0.00000121. The largest absolute Gasteiger partial charge is 0.476 e. The van der Waals surface area contributed by atoms with Crippen LogP contribution >= 0.6 is 35.5 Å². The zero-order valence-electron chi connectivity index (χ0n) is 6.31. The van der Waals surface area contributed by atoms with Crippen LogP contribution < -0.4 is 0 Å². The van der Waals surface area contributed by atoms with Gasteiger partial charge in [-0.2, -0.15) is 0 Å². The van der Waals surface area contributed by atoms with Crippen molar-refractivity contribution in [2.24, 2.45) is 0 Å². The van der Waals surface area contributed by atoms with E-state index >= 15 is 0 Å². The number of carboxylic acids is 1. The first-order chi connectivity index (χ1) is 5.25. The number of hydrogen-bond acceptors (Lipinski definition) is 4. The number of rotatable bonds is 3. The van der Waals surface area contributed by atoms with Gasteiger partial charge in [-0.05, 0) is 5.75 Å². The van der Waals surface area contributed by atoms with Crippen molar-refractivity contribution in [1.82, 2.24) is 4.98 Å². The maximum absolute atomic E-state index is 10.5. The highest BCUT2D eigenvalue weighted by molar-refractivity contribution is 8.01. The summed E-state index contributed by atoms with van der Waals surface area (Å²) in [6.07, 6.45) is 0. The Hall–Kier alpha value is -0.260. The van der Waals surface area contributed by atoms with E-state index in [0.717, 1.165) is 9.96 Å². The Labute approximate surface area is 84.6 Å². The van der Waals surface area contributed by atoms with E-state index in [4.69, 9.17) is 5.11 Å². The fourth-order valence-corrected chi connectivity index (χ4v) is 2.41. The predicted octanol–water partition coefficient (Wildman–Crippen LogP) is 2.38. The lowest BCUT2D eigenvalue weighted by Crippen LogP contribution is -1.97. The SMILES string of the molecule is CCSc1scnc1C(=O)O.Cl. The van der Waals surface area contributed by atoms with Crippen LogP contribution in [-0.4, -0.2) is 21.8 Å². The molecule has 1 heterocycles. The van der Waals surface area contributed by atoms with Gasteiger partial charge in [-0.1, -0.05) is 6.92 Å². The van der Waals surface area contributed by atoms with E-state index in [9.17, 15) is 4.79 Å². The summed E-state index contributed by atoms with van der Waals surface area (Å²) >= 11 is 2.89. The minimum absolute atomic E-state index is 0. The van der Waals surface area contributed by atoms with Crippen molar-refractivity contribution in [2.45, 2.75) is 11.1 Å². The second-order valence-electron chi connectivity index (χ2n) is 1.73. The molecule has 3 nitrogen and oxygen atoms in total. The quantitative estimate of drug-likeness (QED) is 0.803. The minimum atomic E-state index is -0.942. The predicted molar refractivity (Wildman–Crippen MR) is 52.7 cm³/mol. The van der Waals surface area contributed by atoms with Crippen LogP contribution in [0.2, 0.25) is 0 Å². The van der Waals surface area contributed by atoms with Gasteiger partial charge < -0.3 is 5.11 Å². The van der Waals surface area contributed by atoms with E-state index in [0.29, 0.717) is 0 Å². The van der Waals surface area contributed by atoms with Crippen molar-refractivity contribution in [3.05, 3.63) is 11.2 Å². The van der Waals surface area contributed by atoms with Crippen molar-refractivity contribution >= 4 is 41.5 Å². The van der Waals surface area contributed by atoms with E-state index in [1.807, 2.05) is 6.92 Å². The number of carboxylic acid groups (broad SMARTS) is 1. The van der Waals surface area contributed by atoms with Crippen LogP contribution in [0.3, 0.4) is 0 Å². The number of carbonyl (C=O) groups is 1. The lowest BCUT2D eigenvalue weighted by molar-refractivity contribution is 0.0688. The number of nitrogens with zero attached hydrogens (tertiary/aromatic N) is 1. The minimum Gasteiger partial charge on any atom is -0.476 e. The molecule has 68 valence electrons. The molecule has 0 fully saturated rings. The Morgan fingerprint density at radius 1 is 1.83 bits per heavy atom. The molecule has 12 heavy (non-hydrogen) atoms. The van der Waals surface area contributed by atoms with E-state index in [-0.39, 0.29) is 18.1 Å². The monoisotopic (exact) mass is 225 g/mol. The van der Waals surface area contributed by atoms with Gasteiger partial charge in [0.2, 0.25) is 0 Å². The molecule has 0 aliphatic carbocycles. The second kappa shape index (κ2) is 5.40. The number of aromatic carboxylic acids is 1. The highest BCUT2D eigenvalue weighted by Crippen LogP contribution is 2.25. The van der Waals surface area contributed by atoms with Crippen LogP contribution in [0.4, 0.5) is 0 Å². The molecule has 0 aromatic carbocycles. The maximum Gasteiger partial charge on any atom is 0.356 e. The third-order valence-electron chi connectivity index (χ3n) is 1.01. The third kappa shape index (κ3) is 2.66. The molecule has 0 spiro atoms. The summed E-state index contributed by atoms with van der Waals surface area (Å²) in [6.45, 7) is 1.98. The second-order valence-corrected chi connectivity index (χ2v) is 4.11. The molecule has 0 saturated heterocycles. The van der Waals surface area contributed by atoms with Crippen LogP contribution in [0.25, 0.3) is 0 Å². The first-order valence-corrected chi connectivity index (χ1v) is 4.91. The fraction of sp³-hybridized carbons (Fsp3) is 0.333. The first kappa shape index (κ1) is 11.7. The van der Waals surface area contributed by atoms with E-state index in [2.05, 4.69) is 4.98 Å². The standard InChI is InChI=1S/C6H7NO2S2.ClH/c1-2-10-6-4(5(8)9)7-3-11-6;/h3H,2H2,1H3,(H,8,9);1H. The van der Waals surface area contributed by atoms with Crippen LogP contribution in [0, 0.1) is 0 Å². The summed E-state index contributed by atoms with van der Waals surface area (Å²) in [5, 5.41) is 8.61. The molecular formula is C6H8ClNO2S2. The van der Waals surface area contributed by atoms with Gasteiger partial charge in [0.05, 0.1) is 9.72 Å². The molecule has 1 rings (SSSR count). The van der Waals surface area contributed by atoms with Crippen molar-refractivity contribution in [2.75, 3.05) is 5.75 Å². The zero-order chi connectivity index (χ0) is 8.27. The molecule has 0 unspecified atom stereocenters. The molecule has 1 aromatic rings. The first-order valence-electron chi connectivity index (χ1n) is 3.05. The van der Waals surface area contributed by atoms with Gasteiger partial charge in [-0.25, -0.2) is 9.78 Å². The number of halogens is 1. The molecule has 6 heteroatoms. The number of thioether (sulfide) groups is 1. The highest BCUT2D eigenvalue weighted by atomic mass is 35.5. The van der Waals surface area contributed by atoms with Gasteiger partial charge in [0.15, 0.2) is 5.69 Å². The summed E-state index contributed by atoms with van der Waals surface area (Å²) in [7, 11) is 0. The molecule has 0 bridgehead atoms. The van der Waals surface area contributed by atoms with E-state index < -0.39 is 5.97 Å². The average molecular weight is 226 g/mol. The summed E-state index contributed by atoms with van der Waals surface area (Å²) in [5.41, 5.74) is 1.74. The van der Waals surface area contributed by atoms with Gasteiger partial charge >= 0.3 is 5.97 Å². The fourth-order valence-electron chi connectivity index (χ4n) is 0.611. The molecule has 0 aliphatic heterocycles. The Morgan fingerprint density at radius 2 is 2.50 bits per heavy atom. The summed E-state index contributed by atoms with van der Waals surface area (Å²) in [4.78, 5) is 14.2. The van der Waals surface area contributed by atoms with Gasteiger partial charge in [0.1, 0.15) is 0 Å². The van der Waals surface area contributed by atoms with Crippen molar-refractivity contribution in [1.29, 1.82) is 0 Å². The molecule has 0 aliphatic rings. The van der Waals surface area contributed by atoms with Gasteiger partial charge in [-0.15, -0.1) is 35.5 Å². The lowest BCUT2D eigenvalue weighted by Gasteiger charge is -1.92. The van der Waals surface area contributed by atoms with E-state index in [1.54, 1.807) is 5.51 Å². The molecular weight excluding hydrogens is 218 g/mol. The summed E-state index contributed by atoms with van der Waals surface area (Å²) < 4.78 is 0.792. The van der Waals surface area contributed by atoms with Crippen molar-refractivity contribution in [3.8, 4) is 0 Å². The summed E-state index contributed by atoms with van der Waals surface area (Å²) in [5.74, 6) is -0.0650. The van der Waals surface area contributed by atoms with Gasteiger partial charge in [0.25, 0.3) is 0 Å². The van der Waals surface area contributed by atoms with Crippen molar-refractivity contribution in [3.63, 3.8) is 0 Å².